The van der Waals surface area contributed by atoms with E-state index in [0.29, 0.717) is 5.56 Å². The molecule has 0 unspecified atom stereocenters. The molecule has 0 atom stereocenters. The van der Waals surface area contributed by atoms with Crippen molar-refractivity contribution in [2.24, 2.45) is 0 Å². The van der Waals surface area contributed by atoms with E-state index >= 15 is 0 Å². The van der Waals surface area contributed by atoms with Crippen LogP contribution in [-0.2, 0) is 6.61 Å². The van der Waals surface area contributed by atoms with E-state index in [-0.39, 0.29) is 18.0 Å². The van der Waals surface area contributed by atoms with E-state index in [1.165, 1.54) is 6.07 Å². The van der Waals surface area contributed by atoms with E-state index in [4.69, 9.17) is 10.00 Å². The van der Waals surface area contributed by atoms with Gasteiger partial charge >= 0.3 is 5.69 Å². The summed E-state index contributed by atoms with van der Waals surface area (Å²) >= 11 is 0. The maximum atomic E-state index is 10.9. The molecule has 5 nitrogen and oxygen atoms in total. The number of hydrogen-bond donors (Lipinski definition) is 0. The highest BCUT2D eigenvalue weighted by molar-refractivity contribution is 5.46. The SMILES string of the molecule is Cc1cc(C#N)ccc1COc1ccccc1[N+](=O)[O-]. The van der Waals surface area contributed by atoms with E-state index in [2.05, 4.69) is 6.07 Å². The fraction of sp³-hybridized carbons (Fsp3) is 0.133. The highest BCUT2D eigenvalue weighted by Crippen LogP contribution is 2.27. The summed E-state index contributed by atoms with van der Waals surface area (Å²) in [5, 5.41) is 19.7. The molecule has 20 heavy (non-hydrogen) atoms. The van der Waals surface area contributed by atoms with Gasteiger partial charge in [-0.15, -0.1) is 0 Å². The highest BCUT2D eigenvalue weighted by atomic mass is 16.6. The number of nitriles is 1. The van der Waals surface area contributed by atoms with Gasteiger partial charge in [0.1, 0.15) is 6.61 Å². The van der Waals surface area contributed by atoms with Crippen molar-refractivity contribution < 1.29 is 9.66 Å². The molecule has 0 aromatic heterocycles. The molecule has 0 spiro atoms. The van der Waals surface area contributed by atoms with Crippen LogP contribution < -0.4 is 4.74 Å². The Bertz CT molecular complexity index is 690. The third-order valence-corrected chi connectivity index (χ3v) is 2.92. The summed E-state index contributed by atoms with van der Waals surface area (Å²) in [6.07, 6.45) is 0. The van der Waals surface area contributed by atoms with E-state index in [9.17, 15) is 10.1 Å². The lowest BCUT2D eigenvalue weighted by Gasteiger charge is -2.09. The van der Waals surface area contributed by atoms with Gasteiger partial charge in [0.2, 0.25) is 0 Å². The lowest BCUT2D eigenvalue weighted by Crippen LogP contribution is -2.00. The molecule has 5 heteroatoms. The Kier molecular flexibility index (Phi) is 3.96. The van der Waals surface area contributed by atoms with Gasteiger partial charge in [-0.2, -0.15) is 5.26 Å². The number of benzene rings is 2. The molecule has 0 saturated carbocycles. The summed E-state index contributed by atoms with van der Waals surface area (Å²) in [5.74, 6) is 0.237. The first kappa shape index (κ1) is 13.6. The lowest BCUT2D eigenvalue weighted by atomic mass is 10.1. The first-order valence-corrected chi connectivity index (χ1v) is 5.97. The predicted octanol–water partition coefficient (Wildman–Crippen LogP) is 3.35. The van der Waals surface area contributed by atoms with Crippen molar-refractivity contribution in [3.8, 4) is 11.8 Å². The van der Waals surface area contributed by atoms with Crippen LogP contribution in [0.4, 0.5) is 5.69 Å². The summed E-state index contributed by atoms with van der Waals surface area (Å²) in [5.41, 5.74) is 2.33. The maximum absolute atomic E-state index is 10.9. The number of nitro benzene ring substituents is 1. The van der Waals surface area contributed by atoms with Crippen LogP contribution >= 0.6 is 0 Å². The molecule has 0 heterocycles. The minimum Gasteiger partial charge on any atom is -0.482 e. The minimum absolute atomic E-state index is 0.0567. The summed E-state index contributed by atoms with van der Waals surface area (Å²) in [6, 6.07) is 13.6. The molecule has 0 fully saturated rings. The molecule has 0 bridgehead atoms. The number of nitrogens with zero attached hydrogens (tertiary/aromatic N) is 2. The van der Waals surface area contributed by atoms with Crippen LogP contribution in [0.5, 0.6) is 5.75 Å². The zero-order chi connectivity index (χ0) is 14.5. The Balaban J connectivity index is 2.18. The topological polar surface area (TPSA) is 76.2 Å². The maximum Gasteiger partial charge on any atom is 0.310 e. The molecular formula is C15H12N2O3. The third kappa shape index (κ3) is 2.93. The second-order valence-electron chi connectivity index (χ2n) is 4.27. The van der Waals surface area contributed by atoms with E-state index in [1.807, 2.05) is 6.92 Å². The smallest absolute Gasteiger partial charge is 0.310 e. The summed E-state index contributed by atoms with van der Waals surface area (Å²) in [7, 11) is 0. The van der Waals surface area contributed by atoms with Gasteiger partial charge in [0.05, 0.1) is 16.6 Å². The number of rotatable bonds is 4. The second kappa shape index (κ2) is 5.85. The molecule has 100 valence electrons. The third-order valence-electron chi connectivity index (χ3n) is 2.92. The van der Waals surface area contributed by atoms with Gasteiger partial charge in [0.15, 0.2) is 5.75 Å². The fourth-order valence-electron chi connectivity index (χ4n) is 1.81. The van der Waals surface area contributed by atoms with Gasteiger partial charge in [-0.05, 0) is 36.2 Å². The zero-order valence-corrected chi connectivity index (χ0v) is 10.9. The lowest BCUT2D eigenvalue weighted by molar-refractivity contribution is -0.385. The highest BCUT2D eigenvalue weighted by Gasteiger charge is 2.13. The molecule has 0 aliphatic rings. The van der Waals surface area contributed by atoms with Gasteiger partial charge < -0.3 is 4.74 Å². The average molecular weight is 268 g/mol. The van der Waals surface area contributed by atoms with Crippen LogP contribution in [0.15, 0.2) is 42.5 Å². The molecule has 0 aliphatic heterocycles. The number of nitro groups is 1. The molecule has 2 aromatic rings. The van der Waals surface area contributed by atoms with Gasteiger partial charge in [-0.3, -0.25) is 10.1 Å². The van der Waals surface area contributed by atoms with Crippen molar-refractivity contribution in [3.05, 3.63) is 69.3 Å². The van der Waals surface area contributed by atoms with Gasteiger partial charge in [0.25, 0.3) is 0 Å². The molecule has 2 rings (SSSR count). The first-order chi connectivity index (χ1) is 9.61. The van der Waals surface area contributed by atoms with E-state index < -0.39 is 4.92 Å². The van der Waals surface area contributed by atoms with Crippen molar-refractivity contribution >= 4 is 5.69 Å². The minimum atomic E-state index is -0.471. The van der Waals surface area contributed by atoms with Crippen molar-refractivity contribution in [2.45, 2.75) is 13.5 Å². The molecule has 2 aromatic carbocycles. The summed E-state index contributed by atoms with van der Waals surface area (Å²) < 4.78 is 5.51. The van der Waals surface area contributed by atoms with Crippen LogP contribution in [-0.4, -0.2) is 4.92 Å². The predicted molar refractivity (Wildman–Crippen MR) is 73.3 cm³/mol. The van der Waals surface area contributed by atoms with Crippen molar-refractivity contribution in [1.82, 2.24) is 0 Å². The number of aryl methyl sites for hydroxylation is 1. The monoisotopic (exact) mass is 268 g/mol. The first-order valence-electron chi connectivity index (χ1n) is 5.97. The second-order valence-corrected chi connectivity index (χ2v) is 4.27. The molecular weight excluding hydrogens is 256 g/mol. The molecule has 0 saturated heterocycles. The van der Waals surface area contributed by atoms with Crippen molar-refractivity contribution in [3.63, 3.8) is 0 Å². The Labute approximate surface area is 116 Å². The van der Waals surface area contributed by atoms with Crippen molar-refractivity contribution in [1.29, 1.82) is 5.26 Å². The van der Waals surface area contributed by atoms with Crippen LogP contribution in [0.3, 0.4) is 0 Å². The molecule has 0 aliphatic carbocycles. The Morgan fingerprint density at radius 3 is 2.70 bits per heavy atom. The summed E-state index contributed by atoms with van der Waals surface area (Å²) in [6.45, 7) is 2.10. The molecule has 0 radical (unpaired) electrons. The number of ether oxygens (including phenoxy) is 1. The van der Waals surface area contributed by atoms with Crippen LogP contribution in [0.1, 0.15) is 16.7 Å². The van der Waals surface area contributed by atoms with E-state index in [0.717, 1.165) is 11.1 Å². The largest absolute Gasteiger partial charge is 0.482 e. The van der Waals surface area contributed by atoms with E-state index in [1.54, 1.807) is 36.4 Å². The Morgan fingerprint density at radius 1 is 1.30 bits per heavy atom. The van der Waals surface area contributed by atoms with Crippen LogP contribution in [0.2, 0.25) is 0 Å². The van der Waals surface area contributed by atoms with Gasteiger partial charge in [-0.1, -0.05) is 18.2 Å². The normalized spacial score (nSPS) is 9.80. The quantitative estimate of drug-likeness (QED) is 0.629. The number of para-hydroxylation sites is 2. The summed E-state index contributed by atoms with van der Waals surface area (Å²) in [4.78, 5) is 10.4. The molecule has 0 N–H and O–H groups in total. The van der Waals surface area contributed by atoms with Gasteiger partial charge in [0, 0.05) is 6.07 Å². The van der Waals surface area contributed by atoms with Gasteiger partial charge in [-0.25, -0.2) is 0 Å². The molecule has 0 amide bonds. The van der Waals surface area contributed by atoms with Crippen LogP contribution in [0.25, 0.3) is 0 Å². The standard InChI is InChI=1S/C15H12N2O3/c1-11-8-12(9-16)6-7-13(11)10-20-15-5-3-2-4-14(15)17(18)19/h2-8H,10H2,1H3. The average Bonchev–Trinajstić information content (AvgIpc) is 2.46. The Hall–Kier alpha value is -2.87. The van der Waals surface area contributed by atoms with Crippen LogP contribution in [0, 0.1) is 28.4 Å². The fourth-order valence-corrected chi connectivity index (χ4v) is 1.81. The zero-order valence-electron chi connectivity index (χ0n) is 10.9. The van der Waals surface area contributed by atoms with Crippen molar-refractivity contribution in [2.75, 3.05) is 0 Å². The number of hydrogen-bond acceptors (Lipinski definition) is 4. The Morgan fingerprint density at radius 2 is 2.05 bits per heavy atom.